The maximum atomic E-state index is 9.95. The van der Waals surface area contributed by atoms with E-state index in [4.69, 9.17) is 5.73 Å². The summed E-state index contributed by atoms with van der Waals surface area (Å²) in [7, 11) is 0. The Morgan fingerprint density at radius 3 is 2.46 bits per heavy atom. The molecule has 0 aromatic heterocycles. The zero-order valence-electron chi connectivity index (χ0n) is 16.9. The lowest BCUT2D eigenvalue weighted by Gasteiger charge is -2.36. The van der Waals surface area contributed by atoms with Crippen LogP contribution in [0.1, 0.15) is 83.1 Å². The van der Waals surface area contributed by atoms with Gasteiger partial charge in [-0.3, -0.25) is 0 Å². The number of hydrogen-bond donors (Lipinski definition) is 2. The summed E-state index contributed by atoms with van der Waals surface area (Å²) in [4.78, 5) is 2.69. The van der Waals surface area contributed by atoms with Crippen LogP contribution >= 0.6 is 0 Å². The molecule has 0 amide bonds. The van der Waals surface area contributed by atoms with Crippen LogP contribution in [0.5, 0.6) is 5.75 Å². The first-order valence-corrected chi connectivity index (χ1v) is 10.9. The van der Waals surface area contributed by atoms with Crippen molar-refractivity contribution in [1.82, 2.24) is 4.90 Å². The minimum Gasteiger partial charge on any atom is -0.508 e. The molecule has 1 atom stereocenters. The van der Waals surface area contributed by atoms with Gasteiger partial charge < -0.3 is 15.7 Å². The molecule has 26 heavy (non-hydrogen) atoms. The van der Waals surface area contributed by atoms with Crippen molar-refractivity contribution in [1.29, 1.82) is 0 Å². The minimum atomic E-state index is 0.206. The molecule has 3 N–H and O–H groups in total. The van der Waals surface area contributed by atoms with Crippen molar-refractivity contribution in [2.75, 3.05) is 26.2 Å². The van der Waals surface area contributed by atoms with Crippen LogP contribution in [-0.4, -0.2) is 36.2 Å². The summed E-state index contributed by atoms with van der Waals surface area (Å²) >= 11 is 0. The third kappa shape index (κ3) is 6.59. The second-order valence-electron chi connectivity index (χ2n) is 8.18. The normalized spacial score (nSPS) is 21.6. The summed E-state index contributed by atoms with van der Waals surface area (Å²) in [6, 6.07) is 8.00. The summed E-state index contributed by atoms with van der Waals surface area (Å²) in [6.45, 7) is 6.76. The fourth-order valence-corrected chi connectivity index (χ4v) is 4.50. The summed E-state index contributed by atoms with van der Waals surface area (Å²) in [5.41, 5.74) is 7.08. The van der Waals surface area contributed by atoms with Crippen LogP contribution in [-0.2, 0) is 5.41 Å². The first-order chi connectivity index (χ1) is 12.7. The minimum absolute atomic E-state index is 0.206. The third-order valence-corrected chi connectivity index (χ3v) is 6.22. The molecule has 0 bridgehead atoms. The molecule has 1 fully saturated rings. The molecule has 1 heterocycles. The zero-order chi connectivity index (χ0) is 18.7. The highest BCUT2D eigenvalue weighted by molar-refractivity contribution is 5.33. The SMILES string of the molecule is CC[C@@]1(c2cccc(O)c2)CCCCN(CCCCCCCCCN)C1. The highest BCUT2D eigenvalue weighted by Crippen LogP contribution is 2.37. The first-order valence-electron chi connectivity index (χ1n) is 10.9. The Balaban J connectivity index is 1.82. The standard InChI is InChI=1S/C23H40N2O/c1-2-23(21-13-12-14-22(26)19-21)15-8-11-18-25(20-23)17-10-7-5-3-4-6-9-16-24/h12-14,19,26H,2-11,15-18,20,24H2,1H3/t23-/m1/s1. The Hall–Kier alpha value is -1.06. The predicted octanol–water partition coefficient (Wildman–Crippen LogP) is 5.22. The lowest BCUT2D eigenvalue weighted by molar-refractivity contribution is 0.214. The van der Waals surface area contributed by atoms with Gasteiger partial charge in [-0.05, 0) is 69.4 Å². The van der Waals surface area contributed by atoms with Crippen LogP contribution in [0, 0.1) is 0 Å². The van der Waals surface area contributed by atoms with Crippen LogP contribution < -0.4 is 5.73 Å². The van der Waals surface area contributed by atoms with Gasteiger partial charge in [-0.25, -0.2) is 0 Å². The van der Waals surface area contributed by atoms with Crippen LogP contribution in [0.15, 0.2) is 24.3 Å². The van der Waals surface area contributed by atoms with E-state index in [1.165, 1.54) is 82.9 Å². The molecule has 2 rings (SSSR count). The smallest absolute Gasteiger partial charge is 0.115 e. The number of benzene rings is 1. The van der Waals surface area contributed by atoms with Gasteiger partial charge in [0.25, 0.3) is 0 Å². The molecular formula is C23H40N2O. The first kappa shape index (κ1) is 21.2. The topological polar surface area (TPSA) is 49.5 Å². The van der Waals surface area contributed by atoms with Gasteiger partial charge in [0.05, 0.1) is 0 Å². The van der Waals surface area contributed by atoms with Crippen molar-refractivity contribution in [3.8, 4) is 5.75 Å². The quantitative estimate of drug-likeness (QED) is 0.532. The van der Waals surface area contributed by atoms with E-state index in [0.717, 1.165) is 19.5 Å². The summed E-state index contributed by atoms with van der Waals surface area (Å²) < 4.78 is 0. The average molecular weight is 361 g/mol. The van der Waals surface area contributed by atoms with Crippen LogP contribution in [0.4, 0.5) is 0 Å². The lowest BCUT2D eigenvalue weighted by atomic mass is 9.74. The maximum Gasteiger partial charge on any atom is 0.115 e. The average Bonchev–Trinajstić information content (AvgIpc) is 2.87. The van der Waals surface area contributed by atoms with E-state index >= 15 is 0 Å². The summed E-state index contributed by atoms with van der Waals surface area (Å²) in [6.07, 6.45) is 14.2. The fraction of sp³-hybridized carbons (Fsp3) is 0.739. The lowest BCUT2D eigenvalue weighted by Crippen LogP contribution is -2.39. The maximum absolute atomic E-state index is 9.95. The van der Waals surface area contributed by atoms with Gasteiger partial charge in [-0.2, -0.15) is 0 Å². The third-order valence-electron chi connectivity index (χ3n) is 6.22. The molecule has 148 valence electrons. The fourth-order valence-electron chi connectivity index (χ4n) is 4.50. The number of likely N-dealkylation sites (tertiary alicyclic amines) is 1. The van der Waals surface area contributed by atoms with E-state index in [9.17, 15) is 5.11 Å². The summed E-state index contributed by atoms with van der Waals surface area (Å²) in [5, 5.41) is 9.95. The monoisotopic (exact) mass is 360 g/mol. The van der Waals surface area contributed by atoms with Crippen molar-refractivity contribution in [2.24, 2.45) is 5.73 Å². The van der Waals surface area contributed by atoms with Crippen LogP contribution in [0.3, 0.4) is 0 Å². The van der Waals surface area contributed by atoms with Gasteiger partial charge in [0.2, 0.25) is 0 Å². The number of phenolic OH excluding ortho intramolecular Hbond substituents is 1. The van der Waals surface area contributed by atoms with E-state index in [2.05, 4.69) is 17.9 Å². The molecule has 0 radical (unpaired) electrons. The molecule has 0 aliphatic carbocycles. The second-order valence-corrected chi connectivity index (χ2v) is 8.18. The van der Waals surface area contributed by atoms with Gasteiger partial charge in [0, 0.05) is 12.0 Å². The van der Waals surface area contributed by atoms with Gasteiger partial charge in [-0.1, -0.05) is 57.6 Å². The molecule has 1 aliphatic rings. The molecule has 1 aromatic carbocycles. The number of aromatic hydroxyl groups is 1. The van der Waals surface area contributed by atoms with Crippen molar-refractivity contribution in [3.63, 3.8) is 0 Å². The van der Waals surface area contributed by atoms with Crippen LogP contribution in [0.2, 0.25) is 0 Å². The van der Waals surface area contributed by atoms with Crippen molar-refractivity contribution in [2.45, 2.75) is 83.0 Å². The highest BCUT2D eigenvalue weighted by Gasteiger charge is 2.34. The van der Waals surface area contributed by atoms with E-state index < -0.39 is 0 Å². The van der Waals surface area contributed by atoms with Gasteiger partial charge in [0.1, 0.15) is 5.75 Å². The molecule has 0 saturated carbocycles. The summed E-state index contributed by atoms with van der Waals surface area (Å²) in [5.74, 6) is 0.403. The molecule has 0 unspecified atom stereocenters. The van der Waals surface area contributed by atoms with Crippen molar-refractivity contribution in [3.05, 3.63) is 29.8 Å². The van der Waals surface area contributed by atoms with E-state index in [0.29, 0.717) is 5.75 Å². The molecule has 0 spiro atoms. The predicted molar refractivity (Wildman–Crippen MR) is 112 cm³/mol. The van der Waals surface area contributed by atoms with E-state index in [1.54, 1.807) is 6.07 Å². The zero-order valence-corrected chi connectivity index (χ0v) is 16.9. The van der Waals surface area contributed by atoms with Crippen LogP contribution in [0.25, 0.3) is 0 Å². The van der Waals surface area contributed by atoms with E-state index in [-0.39, 0.29) is 5.41 Å². The number of phenols is 1. The Bertz CT molecular complexity index is 505. The molecule has 1 aromatic rings. The Morgan fingerprint density at radius 1 is 1.04 bits per heavy atom. The Labute approximate surface area is 161 Å². The number of hydrogen-bond acceptors (Lipinski definition) is 3. The number of nitrogens with zero attached hydrogens (tertiary/aromatic N) is 1. The van der Waals surface area contributed by atoms with Gasteiger partial charge in [0.15, 0.2) is 0 Å². The molecule has 3 heteroatoms. The van der Waals surface area contributed by atoms with Gasteiger partial charge >= 0.3 is 0 Å². The Morgan fingerprint density at radius 2 is 1.77 bits per heavy atom. The number of unbranched alkanes of at least 4 members (excludes halogenated alkanes) is 6. The van der Waals surface area contributed by atoms with Crippen molar-refractivity contribution < 1.29 is 5.11 Å². The van der Waals surface area contributed by atoms with Gasteiger partial charge in [-0.15, -0.1) is 0 Å². The number of nitrogens with two attached hydrogens (primary N) is 1. The van der Waals surface area contributed by atoms with E-state index in [1.807, 2.05) is 12.1 Å². The largest absolute Gasteiger partial charge is 0.508 e. The Kier molecular flexibility index (Phi) is 9.49. The second kappa shape index (κ2) is 11.6. The molecule has 1 aliphatic heterocycles. The molecule has 3 nitrogen and oxygen atoms in total. The van der Waals surface area contributed by atoms with Crippen molar-refractivity contribution >= 4 is 0 Å². The number of rotatable bonds is 11. The highest BCUT2D eigenvalue weighted by atomic mass is 16.3. The molecular weight excluding hydrogens is 320 g/mol. The molecule has 1 saturated heterocycles.